The van der Waals surface area contributed by atoms with Crippen LogP contribution < -0.4 is 0 Å². The van der Waals surface area contributed by atoms with Gasteiger partial charge in [0.1, 0.15) is 33.5 Å². The van der Waals surface area contributed by atoms with Crippen molar-refractivity contribution in [2.75, 3.05) is 0 Å². The molecule has 384 valence electrons. The Morgan fingerprint density at radius 3 is 1.05 bits per heavy atom. The minimum absolute atomic E-state index is 0. The fourth-order valence-corrected chi connectivity index (χ4v) is 13.1. The molecule has 0 saturated heterocycles. The van der Waals surface area contributed by atoms with E-state index in [0.717, 1.165) is 70.9 Å². The average molecular weight is 1110 g/mol. The van der Waals surface area contributed by atoms with Crippen LogP contribution in [0, 0.1) is 0 Å². The number of para-hydroxylation sites is 7. The molecule has 0 aliphatic heterocycles. The van der Waals surface area contributed by atoms with Gasteiger partial charge < -0.3 is 32.4 Å². The summed E-state index contributed by atoms with van der Waals surface area (Å²) in [6, 6.07) is 87.2. The average Bonchev–Trinajstić information content (AvgIpc) is 2.90. The van der Waals surface area contributed by atoms with E-state index < -0.39 is 0 Å². The molecule has 8 heteroatoms. The molecule has 0 bridgehead atoms. The second-order valence-corrected chi connectivity index (χ2v) is 21.5. The summed E-state index contributed by atoms with van der Waals surface area (Å²) >= 11 is 3.43. The number of hydrogen-bond donors (Lipinski definition) is 2. The van der Waals surface area contributed by atoms with Crippen LogP contribution >= 0.6 is 15.9 Å². The summed E-state index contributed by atoms with van der Waals surface area (Å²) in [5, 5.41) is 17.0. The first kappa shape index (κ1) is 46.8. The third-order valence-corrected chi connectivity index (χ3v) is 16.7. The minimum Gasteiger partial charge on any atom is -0.456 e. The van der Waals surface area contributed by atoms with Gasteiger partial charge in [-0.25, -0.2) is 0 Å². The number of fused-ring (bicyclic) bond motifs is 23. The monoisotopic (exact) mass is 1110 g/mol. The van der Waals surface area contributed by atoms with Gasteiger partial charge in [-0.15, -0.1) is 0 Å². The van der Waals surface area contributed by atoms with E-state index >= 15 is 0 Å². The van der Waals surface area contributed by atoms with Gasteiger partial charge in [-0.05, 0) is 109 Å². The zero-order valence-corrected chi connectivity index (χ0v) is 44.3. The summed E-state index contributed by atoms with van der Waals surface area (Å²) in [6.07, 6.45) is 0. The summed E-state index contributed by atoms with van der Waals surface area (Å²) in [5.74, 6) is 0. The Kier molecular flexibility index (Phi) is 10.5. The van der Waals surface area contributed by atoms with E-state index in [1.807, 2.05) is 54.6 Å². The first-order chi connectivity index (χ1) is 39.6. The molecular formula is C73H47BrN4O3. The largest absolute Gasteiger partial charge is 0.456 e. The van der Waals surface area contributed by atoms with E-state index in [1.54, 1.807) is 0 Å². The second kappa shape index (κ2) is 18.1. The molecule has 7 aromatic heterocycles. The number of nitrogens with one attached hydrogen (secondary N) is 2. The predicted molar refractivity (Wildman–Crippen MR) is 343 cm³/mol. The lowest BCUT2D eigenvalue weighted by Gasteiger charge is -2.09. The predicted octanol–water partition coefficient (Wildman–Crippen LogP) is 21.6. The number of halogens is 1. The number of aromatic amines is 2. The zero-order chi connectivity index (χ0) is 52.6. The van der Waals surface area contributed by atoms with Crippen LogP contribution in [0.3, 0.4) is 0 Å². The fraction of sp³-hybridized carbons (Fsp3) is 0.0137. The summed E-state index contributed by atoms with van der Waals surface area (Å²) in [4.78, 5) is 7.02. The van der Waals surface area contributed by atoms with E-state index in [0.29, 0.717) is 0 Å². The lowest BCUT2D eigenvalue weighted by atomic mass is 10.1. The number of furan rings is 3. The van der Waals surface area contributed by atoms with Crippen molar-refractivity contribution in [3.63, 3.8) is 0 Å². The van der Waals surface area contributed by atoms with Gasteiger partial charge in [-0.2, -0.15) is 0 Å². The number of aromatic nitrogens is 4. The molecule has 2 N–H and O–H groups in total. The van der Waals surface area contributed by atoms with Gasteiger partial charge in [0, 0.05) is 125 Å². The van der Waals surface area contributed by atoms with Crippen molar-refractivity contribution >= 4 is 169 Å². The quantitative estimate of drug-likeness (QED) is 0.181. The fourth-order valence-electron chi connectivity index (χ4n) is 12.8. The third kappa shape index (κ3) is 7.13. The summed E-state index contributed by atoms with van der Waals surface area (Å²) < 4.78 is 24.1. The Labute approximate surface area is 470 Å². The highest BCUT2D eigenvalue weighted by molar-refractivity contribution is 9.10. The molecule has 0 fully saturated rings. The topological polar surface area (TPSA) is 80.9 Å². The Morgan fingerprint density at radius 1 is 0.259 bits per heavy atom. The van der Waals surface area contributed by atoms with Crippen molar-refractivity contribution in [3.05, 3.63) is 253 Å². The first-order valence-corrected chi connectivity index (χ1v) is 27.6. The van der Waals surface area contributed by atoms with Gasteiger partial charge in [0.05, 0.1) is 22.1 Å². The van der Waals surface area contributed by atoms with Gasteiger partial charge in [0.25, 0.3) is 0 Å². The van der Waals surface area contributed by atoms with Crippen molar-refractivity contribution in [1.82, 2.24) is 19.1 Å². The van der Waals surface area contributed by atoms with Gasteiger partial charge in [-0.3, -0.25) is 0 Å². The summed E-state index contributed by atoms with van der Waals surface area (Å²) in [5.41, 5.74) is 17.1. The number of rotatable bonds is 2. The van der Waals surface area contributed by atoms with Gasteiger partial charge >= 0.3 is 0 Å². The van der Waals surface area contributed by atoms with Gasteiger partial charge in [-0.1, -0.05) is 151 Å². The van der Waals surface area contributed by atoms with E-state index in [4.69, 9.17) is 13.3 Å². The maximum atomic E-state index is 6.32. The van der Waals surface area contributed by atoms with Gasteiger partial charge in [0.15, 0.2) is 0 Å². The molecule has 0 aliphatic carbocycles. The number of H-pyrrole nitrogens is 2. The summed E-state index contributed by atoms with van der Waals surface area (Å²) in [6.45, 7) is 0. The van der Waals surface area contributed by atoms with Crippen LogP contribution in [-0.2, 0) is 0 Å². The molecule has 7 nitrogen and oxygen atoms in total. The molecule has 7 heterocycles. The van der Waals surface area contributed by atoms with Crippen LogP contribution in [0.4, 0.5) is 0 Å². The maximum absolute atomic E-state index is 6.32. The smallest absolute Gasteiger partial charge is 0.137 e. The molecule has 81 heavy (non-hydrogen) atoms. The van der Waals surface area contributed by atoms with Crippen LogP contribution in [0.25, 0.3) is 164 Å². The Hall–Kier alpha value is -10.3. The Balaban J connectivity index is 0.000000126. The molecule has 0 radical (unpaired) electrons. The second-order valence-electron chi connectivity index (χ2n) is 20.6. The van der Waals surface area contributed by atoms with Crippen molar-refractivity contribution in [2.24, 2.45) is 0 Å². The maximum Gasteiger partial charge on any atom is 0.137 e. The molecule has 0 aliphatic rings. The Morgan fingerprint density at radius 2 is 0.605 bits per heavy atom. The molecule has 19 rings (SSSR count). The first-order valence-electron chi connectivity index (χ1n) is 26.8. The molecule has 0 spiro atoms. The molecule has 0 atom stereocenters. The highest BCUT2D eigenvalue weighted by Gasteiger charge is 2.22. The number of hydrogen-bond acceptors (Lipinski definition) is 3. The van der Waals surface area contributed by atoms with Crippen LogP contribution in [-0.4, -0.2) is 19.1 Å². The van der Waals surface area contributed by atoms with E-state index in [-0.39, 0.29) is 7.43 Å². The van der Waals surface area contributed by atoms with Crippen molar-refractivity contribution < 1.29 is 13.3 Å². The normalized spacial score (nSPS) is 11.9. The standard InChI is InChI=1S/C42H24N2O2.C18H12N2.C12H7BrO.CH4/c1-5-13-33-31(11-1)41-35(43(33)25-17-19-29-27-9-3-7-15-37(27)45-39(29)23-25)21-22-36-42(41)32-12-2-6-14-34(32)44(36)26-18-20-30-28-10-4-8-16-38(28)46-40(30)24-26;1-3-7-13-11(5-1)17-15(19-13)9-10-16-18(17)12-6-2-4-8-14(12)20-16;13-8-5-6-10-9-3-1-2-4-11(9)14-12(10)7-8;/h1-24H;1-10,19-20H;1-7H;1H4. The number of nitrogens with zero attached hydrogens (tertiary/aromatic N) is 2. The SMILES string of the molecule is Brc1ccc2c(c1)oc1ccccc12.C.c1ccc2c(c1)[nH]c1ccc3[nH]c4ccccc4c3c12.c1ccc2c(c1)oc1cc(-n3c4ccccc4c4c5c6ccccc6n(-c6ccc7c(c6)oc6ccccc67)c5ccc43)ccc12. The highest BCUT2D eigenvalue weighted by atomic mass is 79.9. The van der Waals surface area contributed by atoms with Crippen molar-refractivity contribution in [1.29, 1.82) is 0 Å². The van der Waals surface area contributed by atoms with Crippen LogP contribution in [0.15, 0.2) is 266 Å². The minimum atomic E-state index is 0. The Bertz CT molecular complexity index is 5430. The van der Waals surface area contributed by atoms with Crippen LogP contribution in [0.5, 0.6) is 0 Å². The van der Waals surface area contributed by atoms with Crippen LogP contribution in [0.1, 0.15) is 7.43 Å². The van der Waals surface area contributed by atoms with Crippen molar-refractivity contribution in [2.45, 2.75) is 7.43 Å². The lowest BCUT2D eigenvalue weighted by Crippen LogP contribution is -1.94. The van der Waals surface area contributed by atoms with E-state index in [9.17, 15) is 0 Å². The van der Waals surface area contributed by atoms with Crippen LogP contribution in [0.2, 0.25) is 0 Å². The number of benzene rings is 12. The lowest BCUT2D eigenvalue weighted by molar-refractivity contribution is 0.668. The zero-order valence-electron chi connectivity index (χ0n) is 42.7. The third-order valence-electron chi connectivity index (χ3n) is 16.2. The van der Waals surface area contributed by atoms with E-state index in [1.165, 1.54) is 98.0 Å². The molecule has 19 aromatic rings. The molecular weight excluding hydrogens is 1060 g/mol. The highest BCUT2D eigenvalue weighted by Crippen LogP contribution is 2.44. The molecule has 0 saturated carbocycles. The van der Waals surface area contributed by atoms with Gasteiger partial charge in [0.2, 0.25) is 0 Å². The molecule has 0 unspecified atom stereocenters. The van der Waals surface area contributed by atoms with Crippen molar-refractivity contribution in [3.8, 4) is 11.4 Å². The molecule has 12 aromatic carbocycles. The summed E-state index contributed by atoms with van der Waals surface area (Å²) in [7, 11) is 0. The van der Waals surface area contributed by atoms with E-state index in [2.05, 4.69) is 229 Å². The molecule has 0 amide bonds.